The van der Waals surface area contributed by atoms with Crippen molar-refractivity contribution < 1.29 is 9.53 Å². The molecule has 0 atom stereocenters. The first-order valence-electron chi connectivity index (χ1n) is 6.32. The number of nitrogens with one attached hydrogen (secondary N) is 1. The fourth-order valence-electron chi connectivity index (χ4n) is 1.91. The Balaban J connectivity index is 2.03. The molecule has 3 nitrogen and oxygen atoms in total. The molecule has 1 N–H and O–H groups in total. The van der Waals surface area contributed by atoms with Crippen LogP contribution < -0.4 is 10.1 Å². The highest BCUT2D eigenvalue weighted by Crippen LogP contribution is 2.25. The molecular formula is C15H16BrNO2S. The molecule has 0 bridgehead atoms. The van der Waals surface area contributed by atoms with E-state index in [-0.39, 0.29) is 5.91 Å². The van der Waals surface area contributed by atoms with Crippen molar-refractivity contribution in [1.82, 2.24) is 5.32 Å². The summed E-state index contributed by atoms with van der Waals surface area (Å²) in [6.07, 6.45) is 0.989. The SMILES string of the molecule is CCc1ccsc1CNC(=O)c1ccc(OC)c(Br)c1. The normalized spacial score (nSPS) is 10.3. The van der Waals surface area contributed by atoms with Crippen LogP contribution in [-0.2, 0) is 13.0 Å². The summed E-state index contributed by atoms with van der Waals surface area (Å²) >= 11 is 5.06. The van der Waals surface area contributed by atoms with Crippen molar-refractivity contribution in [1.29, 1.82) is 0 Å². The first kappa shape index (κ1) is 15.1. The topological polar surface area (TPSA) is 38.3 Å². The molecule has 0 unspecified atom stereocenters. The molecule has 0 saturated carbocycles. The van der Waals surface area contributed by atoms with Crippen LogP contribution in [0, 0.1) is 0 Å². The first-order valence-corrected chi connectivity index (χ1v) is 8.00. The number of methoxy groups -OCH3 is 1. The van der Waals surface area contributed by atoms with Crippen molar-refractivity contribution in [2.45, 2.75) is 19.9 Å². The highest BCUT2D eigenvalue weighted by atomic mass is 79.9. The quantitative estimate of drug-likeness (QED) is 0.881. The van der Waals surface area contributed by atoms with Gasteiger partial charge in [-0.25, -0.2) is 0 Å². The van der Waals surface area contributed by atoms with E-state index in [4.69, 9.17) is 4.74 Å². The number of carbonyl (C=O) groups is 1. The van der Waals surface area contributed by atoms with Crippen molar-refractivity contribution in [2.75, 3.05) is 7.11 Å². The van der Waals surface area contributed by atoms with E-state index < -0.39 is 0 Å². The number of ether oxygens (including phenoxy) is 1. The number of benzene rings is 1. The van der Waals surface area contributed by atoms with Crippen molar-refractivity contribution >= 4 is 33.2 Å². The van der Waals surface area contributed by atoms with Crippen LogP contribution in [0.15, 0.2) is 34.1 Å². The molecule has 0 saturated heterocycles. The second-order valence-corrected chi connectivity index (χ2v) is 6.11. The lowest BCUT2D eigenvalue weighted by atomic mass is 10.2. The molecule has 2 rings (SSSR count). The number of thiophene rings is 1. The van der Waals surface area contributed by atoms with Gasteiger partial charge in [-0.1, -0.05) is 6.92 Å². The van der Waals surface area contributed by atoms with E-state index in [2.05, 4.69) is 39.6 Å². The second kappa shape index (κ2) is 6.90. The average molecular weight is 354 g/mol. The number of rotatable bonds is 5. The van der Waals surface area contributed by atoms with Crippen LogP contribution in [0.4, 0.5) is 0 Å². The van der Waals surface area contributed by atoms with Crippen LogP contribution >= 0.6 is 27.3 Å². The Kier molecular flexibility index (Phi) is 5.20. The van der Waals surface area contributed by atoms with Gasteiger partial charge in [-0.3, -0.25) is 4.79 Å². The van der Waals surface area contributed by atoms with Gasteiger partial charge < -0.3 is 10.1 Å². The number of amides is 1. The maximum atomic E-state index is 12.1. The summed E-state index contributed by atoms with van der Waals surface area (Å²) in [5.41, 5.74) is 1.92. The first-order chi connectivity index (χ1) is 9.65. The number of carbonyl (C=O) groups excluding carboxylic acids is 1. The lowest BCUT2D eigenvalue weighted by Gasteiger charge is -2.08. The van der Waals surface area contributed by atoms with E-state index in [0.29, 0.717) is 17.9 Å². The maximum Gasteiger partial charge on any atom is 0.251 e. The molecule has 1 heterocycles. The molecule has 5 heteroatoms. The van der Waals surface area contributed by atoms with Gasteiger partial charge in [-0.15, -0.1) is 11.3 Å². The largest absolute Gasteiger partial charge is 0.496 e. The lowest BCUT2D eigenvalue weighted by molar-refractivity contribution is 0.0951. The Morgan fingerprint density at radius 3 is 2.85 bits per heavy atom. The van der Waals surface area contributed by atoms with E-state index in [0.717, 1.165) is 10.9 Å². The third-order valence-electron chi connectivity index (χ3n) is 3.04. The molecule has 0 spiro atoms. The third kappa shape index (κ3) is 3.41. The zero-order valence-electron chi connectivity index (χ0n) is 11.4. The van der Waals surface area contributed by atoms with E-state index in [1.807, 2.05) is 0 Å². The van der Waals surface area contributed by atoms with Gasteiger partial charge in [0.1, 0.15) is 5.75 Å². The summed E-state index contributed by atoms with van der Waals surface area (Å²) in [7, 11) is 1.60. The monoisotopic (exact) mass is 353 g/mol. The maximum absolute atomic E-state index is 12.1. The van der Waals surface area contributed by atoms with Crippen LogP contribution in [0.5, 0.6) is 5.75 Å². The van der Waals surface area contributed by atoms with E-state index >= 15 is 0 Å². The third-order valence-corrected chi connectivity index (χ3v) is 4.62. The van der Waals surface area contributed by atoms with Crippen LogP contribution in [0.2, 0.25) is 0 Å². The van der Waals surface area contributed by atoms with Gasteiger partial charge >= 0.3 is 0 Å². The average Bonchev–Trinajstić information content (AvgIpc) is 2.92. The highest BCUT2D eigenvalue weighted by Gasteiger charge is 2.10. The zero-order valence-corrected chi connectivity index (χ0v) is 13.8. The Labute approximate surface area is 131 Å². The summed E-state index contributed by atoms with van der Waals surface area (Å²) in [5.74, 6) is 0.636. The molecule has 1 amide bonds. The Morgan fingerprint density at radius 2 is 2.20 bits per heavy atom. The fourth-order valence-corrected chi connectivity index (χ4v) is 3.36. The van der Waals surface area contributed by atoms with Crippen LogP contribution in [-0.4, -0.2) is 13.0 Å². The van der Waals surface area contributed by atoms with Gasteiger partial charge in [-0.2, -0.15) is 0 Å². The predicted octanol–water partition coefficient (Wildman–Crippen LogP) is 4.01. The van der Waals surface area contributed by atoms with Gasteiger partial charge in [0, 0.05) is 10.4 Å². The van der Waals surface area contributed by atoms with E-state index in [9.17, 15) is 4.79 Å². The fraction of sp³-hybridized carbons (Fsp3) is 0.267. The standard InChI is InChI=1S/C15H16BrNO2S/c1-3-10-6-7-20-14(10)9-17-15(18)11-4-5-13(19-2)12(16)8-11/h4-8H,3,9H2,1-2H3,(H,17,18). The molecule has 0 radical (unpaired) electrons. The van der Waals surface area contributed by atoms with Gasteiger partial charge in [0.2, 0.25) is 0 Å². The van der Waals surface area contributed by atoms with Gasteiger partial charge in [0.25, 0.3) is 5.91 Å². The number of aryl methyl sites for hydroxylation is 1. The summed E-state index contributed by atoms with van der Waals surface area (Å²) in [6.45, 7) is 2.69. The van der Waals surface area contributed by atoms with Crippen LogP contribution in [0.3, 0.4) is 0 Å². The summed E-state index contributed by atoms with van der Waals surface area (Å²) in [4.78, 5) is 13.3. The smallest absolute Gasteiger partial charge is 0.251 e. The molecule has 0 aliphatic rings. The van der Waals surface area contributed by atoms with Gasteiger partial charge in [0.15, 0.2) is 0 Å². The molecule has 0 aliphatic carbocycles. The molecule has 106 valence electrons. The highest BCUT2D eigenvalue weighted by molar-refractivity contribution is 9.10. The van der Waals surface area contributed by atoms with E-state index in [1.165, 1.54) is 10.4 Å². The molecule has 2 aromatic rings. The minimum absolute atomic E-state index is 0.0798. The Morgan fingerprint density at radius 1 is 1.40 bits per heavy atom. The van der Waals surface area contributed by atoms with Gasteiger partial charge in [0.05, 0.1) is 18.1 Å². The Bertz CT molecular complexity index is 610. The summed E-state index contributed by atoms with van der Waals surface area (Å²) in [5, 5.41) is 5.01. The minimum atomic E-state index is -0.0798. The number of halogens is 1. The molecule has 0 fully saturated rings. The van der Waals surface area contributed by atoms with E-state index in [1.54, 1.807) is 36.6 Å². The van der Waals surface area contributed by atoms with Crippen molar-refractivity contribution in [2.24, 2.45) is 0 Å². The molecule has 1 aromatic heterocycles. The lowest BCUT2D eigenvalue weighted by Crippen LogP contribution is -2.22. The van der Waals surface area contributed by atoms with Crippen molar-refractivity contribution in [3.63, 3.8) is 0 Å². The van der Waals surface area contributed by atoms with Crippen LogP contribution in [0.25, 0.3) is 0 Å². The predicted molar refractivity (Wildman–Crippen MR) is 85.6 cm³/mol. The van der Waals surface area contributed by atoms with Crippen molar-refractivity contribution in [3.8, 4) is 5.75 Å². The molecular weight excluding hydrogens is 338 g/mol. The number of hydrogen-bond donors (Lipinski definition) is 1. The molecule has 20 heavy (non-hydrogen) atoms. The molecule has 0 aliphatic heterocycles. The van der Waals surface area contributed by atoms with Crippen LogP contribution in [0.1, 0.15) is 27.7 Å². The minimum Gasteiger partial charge on any atom is -0.496 e. The van der Waals surface area contributed by atoms with Crippen molar-refractivity contribution in [3.05, 3.63) is 50.1 Å². The van der Waals surface area contributed by atoms with Gasteiger partial charge in [-0.05, 0) is 57.6 Å². The number of hydrogen-bond acceptors (Lipinski definition) is 3. The molecule has 1 aromatic carbocycles. The zero-order chi connectivity index (χ0) is 14.5. The Hall–Kier alpha value is -1.33. The summed E-state index contributed by atoms with van der Waals surface area (Å²) in [6, 6.07) is 7.41. The second-order valence-electron chi connectivity index (χ2n) is 4.25. The summed E-state index contributed by atoms with van der Waals surface area (Å²) < 4.78 is 5.93.